The van der Waals surface area contributed by atoms with Gasteiger partial charge in [-0.2, -0.15) is 0 Å². The van der Waals surface area contributed by atoms with Crippen molar-refractivity contribution < 1.29 is 24.1 Å². The van der Waals surface area contributed by atoms with Crippen LogP contribution in [-0.2, 0) is 0 Å². The molecule has 0 aliphatic heterocycles. The van der Waals surface area contributed by atoms with Crippen molar-refractivity contribution in [3.05, 3.63) is 91.9 Å². The van der Waals surface area contributed by atoms with Crippen molar-refractivity contribution in [3.63, 3.8) is 0 Å². The fourth-order valence-corrected chi connectivity index (χ4v) is 5.31. The van der Waals surface area contributed by atoms with Gasteiger partial charge in [0, 0.05) is 54.3 Å². The summed E-state index contributed by atoms with van der Waals surface area (Å²) in [7, 11) is 0. The van der Waals surface area contributed by atoms with Crippen molar-refractivity contribution in [1.82, 2.24) is 25.3 Å². The van der Waals surface area contributed by atoms with Gasteiger partial charge in [0.25, 0.3) is 29.3 Å². The second kappa shape index (κ2) is 15.4. The number of nitro groups is 1. The average Bonchev–Trinajstić information content (AvgIpc) is 3.78. The summed E-state index contributed by atoms with van der Waals surface area (Å²) in [6, 6.07) is 4.55. The largest absolute Gasteiger partial charge is 0.388 e. The molecule has 1 aromatic carbocycles. The molecule has 0 atom stereocenters. The van der Waals surface area contributed by atoms with Crippen LogP contribution in [0.2, 0.25) is 0 Å². The molecular formula is C31H35Cl2N11O6. The van der Waals surface area contributed by atoms with Crippen molar-refractivity contribution in [3.8, 4) is 0 Å². The van der Waals surface area contributed by atoms with Crippen LogP contribution in [0.15, 0.2) is 36.8 Å². The first kappa shape index (κ1) is 38.4. The second-order valence-electron chi connectivity index (χ2n) is 11.1. The molecule has 19 heteroatoms. The lowest BCUT2D eigenvalue weighted by Crippen LogP contribution is -2.28. The van der Waals surface area contributed by atoms with Crippen molar-refractivity contribution in [2.45, 2.75) is 34.1 Å². The molecule has 0 unspecified atom stereocenters. The number of amidine groups is 1. The maximum atomic E-state index is 13.2. The van der Waals surface area contributed by atoms with E-state index < -0.39 is 28.6 Å². The number of amides is 4. The Hall–Kier alpha value is -6.07. The molecule has 0 radical (unpaired) electrons. The van der Waals surface area contributed by atoms with Crippen LogP contribution < -0.4 is 27.0 Å². The van der Waals surface area contributed by atoms with Crippen LogP contribution in [0.5, 0.6) is 0 Å². The number of aromatic nitrogens is 4. The number of rotatable bonds is 11. The van der Waals surface area contributed by atoms with E-state index in [1.54, 1.807) is 33.8 Å². The van der Waals surface area contributed by atoms with E-state index in [1.165, 1.54) is 30.7 Å². The number of carbonyl (C=O) groups excluding carboxylic acids is 4. The van der Waals surface area contributed by atoms with E-state index in [-0.39, 0.29) is 72.1 Å². The second-order valence-corrected chi connectivity index (χ2v) is 11.1. The molecule has 0 spiro atoms. The number of nitrogens with one attached hydrogen (secondary N) is 9. The molecule has 4 aromatic heterocycles. The summed E-state index contributed by atoms with van der Waals surface area (Å²) >= 11 is 0. The monoisotopic (exact) mass is 727 g/mol. The van der Waals surface area contributed by atoms with E-state index in [0.29, 0.717) is 50.2 Å². The van der Waals surface area contributed by atoms with E-state index in [1.807, 2.05) is 0 Å². The minimum atomic E-state index is -0.539. The smallest absolute Gasteiger partial charge is 0.279 e. The van der Waals surface area contributed by atoms with Gasteiger partial charge in [-0.05, 0) is 39.3 Å². The van der Waals surface area contributed by atoms with Crippen LogP contribution in [-0.4, -0.2) is 60.9 Å². The van der Waals surface area contributed by atoms with E-state index in [9.17, 15) is 29.3 Å². The molecule has 0 aliphatic carbocycles. The quantitative estimate of drug-likeness (QED) is 0.0386. The van der Waals surface area contributed by atoms with Gasteiger partial charge in [-0.1, -0.05) is 6.07 Å². The molecule has 5 aromatic rings. The van der Waals surface area contributed by atoms with Crippen molar-refractivity contribution in [1.29, 1.82) is 5.41 Å². The lowest BCUT2D eigenvalue weighted by molar-refractivity contribution is -0.383. The Morgan fingerprint density at radius 2 is 1.18 bits per heavy atom. The molecule has 0 aliphatic rings. The molecule has 0 fully saturated rings. The number of aromatic amines is 4. The van der Waals surface area contributed by atoms with Gasteiger partial charge in [0.05, 0.1) is 38.7 Å². The molecule has 4 heterocycles. The number of carbonyl (C=O) groups is 4. The van der Waals surface area contributed by atoms with E-state index >= 15 is 0 Å². The van der Waals surface area contributed by atoms with Gasteiger partial charge in [0.1, 0.15) is 22.8 Å². The molecule has 5 rings (SSSR count). The summed E-state index contributed by atoms with van der Waals surface area (Å²) in [5.74, 6) is -2.02. The average molecular weight is 729 g/mol. The molecule has 17 nitrogen and oxygen atoms in total. The van der Waals surface area contributed by atoms with Gasteiger partial charge in [0.2, 0.25) is 0 Å². The minimum absolute atomic E-state index is 0. The number of nitrogens with zero attached hydrogens (tertiary/aromatic N) is 1. The fraction of sp³-hybridized carbons (Fsp3) is 0.194. The highest BCUT2D eigenvalue weighted by Crippen LogP contribution is 2.31. The highest BCUT2D eigenvalue weighted by Gasteiger charge is 2.24. The Morgan fingerprint density at radius 3 is 1.62 bits per heavy atom. The third kappa shape index (κ3) is 7.48. The summed E-state index contributed by atoms with van der Waals surface area (Å²) < 4.78 is 0. The number of H-pyrrole nitrogens is 4. The van der Waals surface area contributed by atoms with Gasteiger partial charge in [-0.25, -0.2) is 0 Å². The Bertz CT molecular complexity index is 2140. The van der Waals surface area contributed by atoms with Gasteiger partial charge in [0.15, 0.2) is 0 Å². The van der Waals surface area contributed by atoms with E-state index in [2.05, 4.69) is 41.2 Å². The number of hydrogen-bond acceptors (Lipinski definition) is 7. The Morgan fingerprint density at radius 1 is 0.740 bits per heavy atom. The molecule has 0 bridgehead atoms. The van der Waals surface area contributed by atoms with Crippen molar-refractivity contribution in [2.75, 3.05) is 22.5 Å². The number of anilines is 3. The zero-order valence-corrected chi connectivity index (χ0v) is 28.8. The third-order valence-corrected chi connectivity index (χ3v) is 8.00. The van der Waals surface area contributed by atoms with Crippen molar-refractivity contribution >= 4 is 87.9 Å². The highest BCUT2D eigenvalue weighted by molar-refractivity contribution is 6.12. The normalized spacial score (nSPS) is 10.5. The predicted octanol–water partition coefficient (Wildman–Crippen LogP) is 4.95. The summed E-state index contributed by atoms with van der Waals surface area (Å²) in [4.78, 5) is 74.5. The minimum Gasteiger partial charge on any atom is -0.388 e. The highest BCUT2D eigenvalue weighted by atomic mass is 35.5. The first-order chi connectivity index (χ1) is 22.8. The van der Waals surface area contributed by atoms with E-state index in [4.69, 9.17) is 11.1 Å². The number of nitro benzene ring substituents is 1. The van der Waals surface area contributed by atoms with Gasteiger partial charge in [-0.15, -0.1) is 24.8 Å². The zero-order chi connectivity index (χ0) is 34.9. The molecular weight excluding hydrogens is 693 g/mol. The SMILES string of the molecule is Cc1c(NC(=O)c2[nH]cc(NC(=O)c3[nH]cc(NC(=O)c4[nH]c5cccc([N+](=O)[O-])c5c4C)c3C)c2C)c[nH]c1C(=O)NCCC(=N)N.Cl.Cl. The van der Waals surface area contributed by atoms with Crippen molar-refractivity contribution in [2.24, 2.45) is 5.73 Å². The lowest BCUT2D eigenvalue weighted by Gasteiger charge is -2.08. The topological polar surface area (TPSA) is 273 Å². The number of hydrogen-bond donors (Lipinski definition) is 10. The number of aryl methyl sites for hydroxylation is 1. The summed E-state index contributed by atoms with van der Waals surface area (Å²) in [6.07, 6.45) is 4.63. The van der Waals surface area contributed by atoms with Crippen LogP contribution in [0.25, 0.3) is 10.9 Å². The molecule has 264 valence electrons. The summed E-state index contributed by atoms with van der Waals surface area (Å²) in [5.41, 5.74) is 9.28. The molecule has 0 saturated carbocycles. The lowest BCUT2D eigenvalue weighted by atomic mass is 10.1. The number of nitrogens with two attached hydrogens (primary N) is 1. The first-order valence-electron chi connectivity index (χ1n) is 14.6. The Balaban J connectivity index is 0.00000338. The number of non-ortho nitro benzene ring substituents is 1. The van der Waals surface area contributed by atoms with Gasteiger partial charge >= 0.3 is 0 Å². The predicted molar refractivity (Wildman–Crippen MR) is 193 cm³/mol. The fourth-order valence-electron chi connectivity index (χ4n) is 5.31. The van der Waals surface area contributed by atoms with Gasteiger partial charge < -0.3 is 46.9 Å². The van der Waals surface area contributed by atoms with Crippen LogP contribution in [0.1, 0.15) is 70.6 Å². The molecule has 50 heavy (non-hydrogen) atoms. The molecule has 11 N–H and O–H groups in total. The number of fused-ring (bicyclic) bond motifs is 1. The summed E-state index contributed by atoms with van der Waals surface area (Å²) in [6.45, 7) is 6.78. The van der Waals surface area contributed by atoms with E-state index in [0.717, 1.165) is 0 Å². The van der Waals surface area contributed by atoms with Crippen LogP contribution in [0, 0.1) is 43.2 Å². The van der Waals surface area contributed by atoms with Crippen LogP contribution >= 0.6 is 24.8 Å². The zero-order valence-electron chi connectivity index (χ0n) is 27.2. The molecule has 0 saturated heterocycles. The maximum absolute atomic E-state index is 13.2. The number of halogens is 2. The maximum Gasteiger partial charge on any atom is 0.279 e. The summed E-state index contributed by atoms with van der Waals surface area (Å²) in [5, 5.41) is 30.0. The Kier molecular flexibility index (Phi) is 11.8. The number of benzene rings is 1. The first-order valence-corrected chi connectivity index (χ1v) is 14.6. The third-order valence-electron chi connectivity index (χ3n) is 8.00. The van der Waals surface area contributed by atoms with Crippen LogP contribution in [0.3, 0.4) is 0 Å². The Labute approximate surface area is 296 Å². The standard InChI is InChI=1S/C31H33N11O6.2ClH/c1-13-18(10-35-24(13)28(43)34-9-8-22(32)33)39-29(44)25-14(2)19(11-36-25)40-30(45)26-15(3)20(12-37-26)41-31(46)27-16(4)23-17(38-27)6-5-7-21(23)42(47)48;;/h5-7,10-12,35-38H,8-9H2,1-4H3,(H3,32,33)(H,34,43)(H,39,44)(H,40,45)(H,41,46);2*1H. The molecule has 4 amide bonds. The van der Waals surface area contributed by atoms with Gasteiger partial charge in [-0.3, -0.25) is 34.7 Å². The van der Waals surface area contributed by atoms with Crippen LogP contribution in [0.4, 0.5) is 22.7 Å².